The number of nitrogens with zero attached hydrogens (tertiary/aromatic N) is 1. The van der Waals surface area contributed by atoms with Crippen molar-refractivity contribution >= 4 is 24.0 Å². The number of aryl methyl sites for hydroxylation is 1. The van der Waals surface area contributed by atoms with Crippen LogP contribution in [0.1, 0.15) is 28.2 Å². The second-order valence-electron chi connectivity index (χ2n) is 8.38. The lowest BCUT2D eigenvalue weighted by atomic mass is 9.72. The Morgan fingerprint density at radius 1 is 1.00 bits per heavy atom. The summed E-state index contributed by atoms with van der Waals surface area (Å²) in [4.78, 5) is 2.37. The summed E-state index contributed by atoms with van der Waals surface area (Å²) in [6, 6.07) is 23.7. The van der Waals surface area contributed by atoms with E-state index < -0.39 is 5.60 Å². The molecule has 0 bridgehead atoms. The molecule has 176 valence electrons. The molecular formula is C27H31Cl2NO3. The minimum Gasteiger partial charge on any atom is -0.497 e. The highest BCUT2D eigenvalue weighted by Gasteiger charge is 2.42. The first kappa shape index (κ1) is 25.5. The molecule has 4 nitrogen and oxygen atoms in total. The molecule has 1 saturated heterocycles. The van der Waals surface area contributed by atoms with Gasteiger partial charge in [-0.1, -0.05) is 65.7 Å². The topological polar surface area (TPSA) is 41.9 Å². The van der Waals surface area contributed by atoms with Crippen LogP contribution in [0.4, 0.5) is 0 Å². The molecule has 0 aliphatic carbocycles. The van der Waals surface area contributed by atoms with Crippen LogP contribution < -0.4 is 4.74 Å². The first-order valence-electron chi connectivity index (χ1n) is 11.0. The van der Waals surface area contributed by atoms with Gasteiger partial charge in [-0.15, -0.1) is 12.4 Å². The zero-order valence-corrected chi connectivity index (χ0v) is 20.6. The first-order valence-corrected chi connectivity index (χ1v) is 11.4. The Morgan fingerprint density at radius 2 is 1.67 bits per heavy atom. The van der Waals surface area contributed by atoms with Crippen LogP contribution in [0.2, 0.25) is 5.02 Å². The molecule has 2 unspecified atom stereocenters. The number of ether oxygens (including phenoxy) is 2. The van der Waals surface area contributed by atoms with Gasteiger partial charge in [-0.2, -0.15) is 0 Å². The molecule has 6 heteroatoms. The maximum Gasteiger partial charge on any atom is 0.123 e. The standard InChI is InChI=1S/C27H30ClNO3.ClH/c1-20-4-3-5-23(18-20)27(30,22-8-12-25(31-2)13-9-22)26(19-29-14-16-32-17-15-29)21-6-10-24(28)11-7-21;/h3-13,18,26,30H,14-17,19H2,1-2H3;1H. The Kier molecular flexibility index (Phi) is 8.80. The second-order valence-corrected chi connectivity index (χ2v) is 8.82. The third kappa shape index (κ3) is 5.71. The van der Waals surface area contributed by atoms with Gasteiger partial charge in [0.05, 0.1) is 20.3 Å². The summed E-state index contributed by atoms with van der Waals surface area (Å²) in [5, 5.41) is 13.3. The molecule has 0 saturated carbocycles. The molecule has 1 fully saturated rings. The molecule has 1 aliphatic rings. The second kappa shape index (κ2) is 11.4. The van der Waals surface area contributed by atoms with Gasteiger partial charge in [0.2, 0.25) is 0 Å². The van der Waals surface area contributed by atoms with E-state index >= 15 is 0 Å². The lowest BCUT2D eigenvalue weighted by molar-refractivity contribution is 0.000733. The molecule has 1 N–H and O–H groups in total. The Labute approximate surface area is 207 Å². The molecule has 1 heterocycles. The van der Waals surface area contributed by atoms with Crippen molar-refractivity contribution in [2.45, 2.75) is 18.4 Å². The molecule has 1 aliphatic heterocycles. The molecule has 2 atom stereocenters. The predicted octanol–water partition coefficient (Wildman–Crippen LogP) is 5.43. The molecule has 3 aromatic rings. The smallest absolute Gasteiger partial charge is 0.123 e. The number of rotatable bonds is 7. The Bertz CT molecular complexity index is 1020. The van der Waals surface area contributed by atoms with Gasteiger partial charge in [0.1, 0.15) is 11.4 Å². The van der Waals surface area contributed by atoms with Crippen molar-refractivity contribution in [3.05, 3.63) is 100 Å². The Morgan fingerprint density at radius 3 is 2.27 bits per heavy atom. The summed E-state index contributed by atoms with van der Waals surface area (Å²) >= 11 is 6.21. The van der Waals surface area contributed by atoms with Crippen molar-refractivity contribution in [3.63, 3.8) is 0 Å². The van der Waals surface area contributed by atoms with Gasteiger partial charge < -0.3 is 14.6 Å². The van der Waals surface area contributed by atoms with Crippen LogP contribution in [0.25, 0.3) is 0 Å². The van der Waals surface area contributed by atoms with Crippen molar-refractivity contribution in [1.29, 1.82) is 0 Å². The van der Waals surface area contributed by atoms with Gasteiger partial charge in [-0.25, -0.2) is 0 Å². The SMILES string of the molecule is COc1ccc(C(O)(c2cccc(C)c2)C(CN2CCOCC2)c2ccc(Cl)cc2)cc1.Cl. The highest BCUT2D eigenvalue weighted by molar-refractivity contribution is 6.30. The molecule has 4 rings (SSSR count). The molecule has 33 heavy (non-hydrogen) atoms. The van der Waals surface area contributed by atoms with Gasteiger partial charge >= 0.3 is 0 Å². The largest absolute Gasteiger partial charge is 0.497 e. The van der Waals surface area contributed by atoms with Gasteiger partial charge in [0.25, 0.3) is 0 Å². The monoisotopic (exact) mass is 487 g/mol. The quantitative estimate of drug-likeness (QED) is 0.482. The molecule has 0 radical (unpaired) electrons. The number of methoxy groups -OCH3 is 1. The number of hydrogen-bond acceptors (Lipinski definition) is 4. The molecule has 3 aromatic carbocycles. The van der Waals surface area contributed by atoms with Crippen LogP contribution in [0.15, 0.2) is 72.8 Å². The van der Waals surface area contributed by atoms with Crippen molar-refractivity contribution in [2.75, 3.05) is 40.0 Å². The van der Waals surface area contributed by atoms with Crippen molar-refractivity contribution < 1.29 is 14.6 Å². The van der Waals surface area contributed by atoms with E-state index in [0.29, 0.717) is 24.8 Å². The first-order chi connectivity index (χ1) is 15.5. The number of halogens is 2. The minimum atomic E-state index is -1.25. The summed E-state index contributed by atoms with van der Waals surface area (Å²) in [6.07, 6.45) is 0. The van der Waals surface area contributed by atoms with E-state index in [1.807, 2.05) is 60.7 Å². The summed E-state index contributed by atoms with van der Waals surface area (Å²) in [5.74, 6) is 0.546. The van der Waals surface area contributed by atoms with Gasteiger partial charge in [-0.3, -0.25) is 4.90 Å². The van der Waals surface area contributed by atoms with E-state index in [9.17, 15) is 5.11 Å². The van der Waals surface area contributed by atoms with E-state index in [4.69, 9.17) is 21.1 Å². The Hall–Kier alpha value is -2.08. The van der Waals surface area contributed by atoms with E-state index in [1.165, 1.54) is 0 Å². The predicted molar refractivity (Wildman–Crippen MR) is 136 cm³/mol. The van der Waals surface area contributed by atoms with Crippen LogP contribution in [-0.4, -0.2) is 50.0 Å². The normalized spacial score (nSPS) is 17.0. The zero-order valence-electron chi connectivity index (χ0n) is 19.0. The Balaban J connectivity index is 0.00000306. The van der Waals surface area contributed by atoms with Crippen LogP contribution in [-0.2, 0) is 10.3 Å². The number of morpholine rings is 1. The van der Waals surface area contributed by atoms with Crippen molar-refractivity contribution in [2.24, 2.45) is 0 Å². The summed E-state index contributed by atoms with van der Waals surface area (Å²) in [5.41, 5.74) is 2.61. The van der Waals surface area contributed by atoms with Crippen LogP contribution in [0.5, 0.6) is 5.75 Å². The minimum absolute atomic E-state index is 0. The summed E-state index contributed by atoms with van der Waals surface area (Å²) < 4.78 is 10.9. The third-order valence-electron chi connectivity index (χ3n) is 6.31. The summed E-state index contributed by atoms with van der Waals surface area (Å²) in [6.45, 7) is 5.85. The zero-order chi connectivity index (χ0) is 22.6. The van der Waals surface area contributed by atoms with Crippen LogP contribution in [0, 0.1) is 6.92 Å². The van der Waals surface area contributed by atoms with Gasteiger partial charge in [0, 0.05) is 30.6 Å². The molecular weight excluding hydrogens is 457 g/mol. The molecule has 0 aromatic heterocycles. The van der Waals surface area contributed by atoms with E-state index in [1.54, 1.807) is 7.11 Å². The average molecular weight is 488 g/mol. The fraction of sp³-hybridized carbons (Fsp3) is 0.333. The number of aliphatic hydroxyl groups is 1. The number of hydrogen-bond donors (Lipinski definition) is 1. The number of benzene rings is 3. The average Bonchev–Trinajstić information content (AvgIpc) is 2.83. The fourth-order valence-electron chi connectivity index (χ4n) is 4.51. The summed E-state index contributed by atoms with van der Waals surface area (Å²) in [7, 11) is 1.65. The third-order valence-corrected chi connectivity index (χ3v) is 6.56. The highest BCUT2D eigenvalue weighted by atomic mass is 35.5. The van der Waals surface area contributed by atoms with Crippen LogP contribution >= 0.6 is 24.0 Å². The van der Waals surface area contributed by atoms with Crippen LogP contribution in [0.3, 0.4) is 0 Å². The van der Waals surface area contributed by atoms with Gasteiger partial charge in [0.15, 0.2) is 0 Å². The van der Waals surface area contributed by atoms with E-state index in [0.717, 1.165) is 41.1 Å². The highest BCUT2D eigenvalue weighted by Crippen LogP contribution is 2.44. The van der Waals surface area contributed by atoms with Gasteiger partial charge in [-0.05, 0) is 47.9 Å². The fourth-order valence-corrected chi connectivity index (χ4v) is 4.64. The lowest BCUT2D eigenvalue weighted by Crippen LogP contribution is -2.45. The van der Waals surface area contributed by atoms with E-state index in [2.05, 4.69) is 24.0 Å². The van der Waals surface area contributed by atoms with Crippen molar-refractivity contribution in [3.8, 4) is 5.75 Å². The maximum atomic E-state index is 12.6. The van der Waals surface area contributed by atoms with E-state index in [-0.39, 0.29) is 18.3 Å². The molecule has 0 amide bonds. The maximum absolute atomic E-state index is 12.6. The lowest BCUT2D eigenvalue weighted by Gasteiger charge is -2.41. The van der Waals surface area contributed by atoms with Crippen molar-refractivity contribution in [1.82, 2.24) is 4.90 Å². The molecule has 0 spiro atoms.